The third-order valence-electron chi connectivity index (χ3n) is 4.49. The number of amides is 1. The molecule has 2 aromatic rings. The van der Waals surface area contributed by atoms with Crippen molar-refractivity contribution in [3.05, 3.63) is 46.2 Å². The first-order chi connectivity index (χ1) is 11.6. The van der Waals surface area contributed by atoms with Crippen LogP contribution in [0.2, 0.25) is 5.02 Å². The molecule has 0 saturated carbocycles. The molecular weight excluding hydrogens is 326 g/mol. The van der Waals surface area contributed by atoms with Gasteiger partial charge in [-0.25, -0.2) is 4.68 Å². The fourth-order valence-corrected chi connectivity index (χ4v) is 3.27. The molecule has 3 rings (SSSR count). The molecule has 1 amide bonds. The molecule has 1 aromatic carbocycles. The van der Waals surface area contributed by atoms with Crippen LogP contribution in [-0.2, 0) is 0 Å². The van der Waals surface area contributed by atoms with E-state index in [-0.39, 0.29) is 11.9 Å². The summed E-state index contributed by atoms with van der Waals surface area (Å²) < 4.78 is 1.89. The number of aromatic nitrogens is 3. The van der Waals surface area contributed by atoms with Gasteiger partial charge in [0.25, 0.3) is 5.91 Å². The normalized spacial score (nSPS) is 16.8. The summed E-state index contributed by atoms with van der Waals surface area (Å²) in [6.07, 6.45) is 2.01. The Morgan fingerprint density at radius 2 is 2.17 bits per heavy atom. The Hall–Kier alpha value is -1.92. The second kappa shape index (κ2) is 7.32. The zero-order valence-electron chi connectivity index (χ0n) is 13.9. The first-order valence-corrected chi connectivity index (χ1v) is 8.63. The molecule has 24 heavy (non-hydrogen) atoms. The summed E-state index contributed by atoms with van der Waals surface area (Å²) in [5.74, 6) is -0.208. The monoisotopic (exact) mass is 347 g/mol. The van der Waals surface area contributed by atoms with Crippen LogP contribution in [0.25, 0.3) is 0 Å². The average molecular weight is 348 g/mol. The number of rotatable bonds is 4. The van der Waals surface area contributed by atoms with Crippen molar-refractivity contribution in [1.82, 2.24) is 25.6 Å². The highest BCUT2D eigenvalue weighted by atomic mass is 35.5. The topological polar surface area (TPSA) is 71.8 Å². The van der Waals surface area contributed by atoms with Gasteiger partial charge in [0.05, 0.1) is 17.8 Å². The first-order valence-electron chi connectivity index (χ1n) is 8.25. The van der Waals surface area contributed by atoms with Crippen LogP contribution in [0.3, 0.4) is 0 Å². The summed E-state index contributed by atoms with van der Waals surface area (Å²) in [5, 5.41) is 15.3. The number of halogens is 1. The molecule has 1 aliphatic rings. The van der Waals surface area contributed by atoms with Crippen molar-refractivity contribution in [2.24, 2.45) is 0 Å². The van der Waals surface area contributed by atoms with Gasteiger partial charge in [0.2, 0.25) is 0 Å². The molecule has 2 heterocycles. The van der Waals surface area contributed by atoms with Gasteiger partial charge in [0, 0.05) is 5.02 Å². The van der Waals surface area contributed by atoms with Crippen LogP contribution in [0.15, 0.2) is 24.3 Å². The number of hydrogen-bond acceptors (Lipinski definition) is 4. The Balaban J connectivity index is 1.72. The maximum Gasteiger partial charge on any atom is 0.274 e. The van der Waals surface area contributed by atoms with Gasteiger partial charge in [-0.2, -0.15) is 0 Å². The highest BCUT2D eigenvalue weighted by Gasteiger charge is 2.23. The van der Waals surface area contributed by atoms with E-state index in [1.165, 1.54) is 0 Å². The van der Waals surface area contributed by atoms with Crippen molar-refractivity contribution in [3.8, 4) is 0 Å². The van der Waals surface area contributed by atoms with Crippen LogP contribution in [-0.4, -0.2) is 34.0 Å². The SMILES string of the molecule is Cc1c(C(=O)N[C@@H](C)c2cccc(Cl)c2)nnn1C1CCNCC1. The molecule has 1 saturated heterocycles. The van der Waals surface area contributed by atoms with Gasteiger partial charge in [-0.05, 0) is 57.5 Å². The minimum absolute atomic E-state index is 0.153. The van der Waals surface area contributed by atoms with Crippen molar-refractivity contribution >= 4 is 17.5 Å². The molecule has 1 fully saturated rings. The fourth-order valence-electron chi connectivity index (χ4n) is 3.07. The second-order valence-corrected chi connectivity index (χ2v) is 6.64. The molecule has 2 N–H and O–H groups in total. The summed E-state index contributed by atoms with van der Waals surface area (Å²) >= 11 is 6.01. The Morgan fingerprint density at radius 3 is 2.88 bits per heavy atom. The van der Waals surface area contributed by atoms with E-state index in [1.807, 2.05) is 42.8 Å². The zero-order chi connectivity index (χ0) is 17.1. The van der Waals surface area contributed by atoms with Gasteiger partial charge in [0.1, 0.15) is 0 Å². The molecule has 1 aliphatic heterocycles. The minimum atomic E-state index is -0.208. The number of hydrogen-bond donors (Lipinski definition) is 2. The summed E-state index contributed by atoms with van der Waals surface area (Å²) in [6, 6.07) is 7.64. The van der Waals surface area contributed by atoms with Crippen LogP contribution in [0, 0.1) is 6.92 Å². The summed E-state index contributed by atoms with van der Waals surface area (Å²) in [6.45, 7) is 5.77. The van der Waals surface area contributed by atoms with Crippen molar-refractivity contribution in [2.75, 3.05) is 13.1 Å². The number of nitrogens with zero attached hydrogens (tertiary/aromatic N) is 3. The maximum atomic E-state index is 12.6. The van der Waals surface area contributed by atoms with E-state index in [2.05, 4.69) is 20.9 Å². The predicted octanol–water partition coefficient (Wildman–Crippen LogP) is 2.66. The first kappa shape index (κ1) is 16.9. The molecule has 1 aromatic heterocycles. The van der Waals surface area contributed by atoms with E-state index in [0.29, 0.717) is 16.8 Å². The second-order valence-electron chi connectivity index (χ2n) is 6.20. The van der Waals surface area contributed by atoms with Crippen molar-refractivity contribution in [3.63, 3.8) is 0 Å². The molecule has 6 nitrogen and oxygen atoms in total. The van der Waals surface area contributed by atoms with Crippen molar-refractivity contribution < 1.29 is 4.79 Å². The van der Waals surface area contributed by atoms with Crippen LogP contribution in [0.4, 0.5) is 0 Å². The number of carbonyl (C=O) groups excluding carboxylic acids is 1. The minimum Gasteiger partial charge on any atom is -0.344 e. The third kappa shape index (κ3) is 3.60. The average Bonchev–Trinajstić information content (AvgIpc) is 2.97. The Morgan fingerprint density at radius 1 is 1.42 bits per heavy atom. The smallest absolute Gasteiger partial charge is 0.274 e. The van der Waals surface area contributed by atoms with Gasteiger partial charge in [0.15, 0.2) is 5.69 Å². The van der Waals surface area contributed by atoms with Crippen molar-refractivity contribution in [1.29, 1.82) is 0 Å². The molecule has 0 unspecified atom stereocenters. The van der Waals surface area contributed by atoms with Crippen LogP contribution in [0.5, 0.6) is 0 Å². The van der Waals surface area contributed by atoms with Gasteiger partial charge in [-0.3, -0.25) is 4.79 Å². The summed E-state index contributed by atoms with van der Waals surface area (Å²) in [5.41, 5.74) is 2.17. The van der Waals surface area contributed by atoms with Crippen LogP contribution in [0.1, 0.15) is 53.6 Å². The van der Waals surface area contributed by atoms with E-state index in [4.69, 9.17) is 11.6 Å². The standard InChI is InChI=1S/C17H22ClN5O/c1-11(13-4-3-5-14(18)10-13)20-17(24)16-12(2)23(22-21-16)15-6-8-19-9-7-15/h3-5,10-11,15,19H,6-9H2,1-2H3,(H,20,24)/t11-/m0/s1. The molecule has 0 aliphatic carbocycles. The summed E-state index contributed by atoms with van der Waals surface area (Å²) in [7, 11) is 0. The molecule has 7 heteroatoms. The fraction of sp³-hybridized carbons (Fsp3) is 0.471. The number of carbonyl (C=O) groups is 1. The Labute approximate surface area is 146 Å². The lowest BCUT2D eigenvalue weighted by molar-refractivity contribution is 0.0934. The largest absolute Gasteiger partial charge is 0.344 e. The van der Waals surface area contributed by atoms with Gasteiger partial charge in [-0.15, -0.1) is 5.10 Å². The lowest BCUT2D eigenvalue weighted by atomic mass is 10.1. The van der Waals surface area contributed by atoms with Gasteiger partial charge in [-0.1, -0.05) is 28.9 Å². The predicted molar refractivity (Wildman–Crippen MR) is 93.2 cm³/mol. The van der Waals surface area contributed by atoms with E-state index < -0.39 is 0 Å². The molecule has 128 valence electrons. The Bertz CT molecular complexity index is 724. The number of nitrogens with one attached hydrogen (secondary N) is 2. The quantitative estimate of drug-likeness (QED) is 0.892. The van der Waals surface area contributed by atoms with E-state index in [0.717, 1.165) is 37.2 Å². The lowest BCUT2D eigenvalue weighted by Gasteiger charge is -2.23. The molecular formula is C17H22ClN5O. The molecule has 0 bridgehead atoms. The van der Waals surface area contributed by atoms with E-state index in [1.54, 1.807) is 0 Å². The molecule has 0 spiro atoms. The number of piperidine rings is 1. The molecule has 0 radical (unpaired) electrons. The maximum absolute atomic E-state index is 12.6. The van der Waals surface area contributed by atoms with Crippen molar-refractivity contribution in [2.45, 2.75) is 38.8 Å². The zero-order valence-corrected chi connectivity index (χ0v) is 14.7. The number of benzene rings is 1. The summed E-state index contributed by atoms with van der Waals surface area (Å²) in [4.78, 5) is 12.6. The van der Waals surface area contributed by atoms with E-state index in [9.17, 15) is 4.79 Å². The van der Waals surface area contributed by atoms with Crippen LogP contribution >= 0.6 is 11.6 Å². The van der Waals surface area contributed by atoms with E-state index >= 15 is 0 Å². The van der Waals surface area contributed by atoms with Crippen LogP contribution < -0.4 is 10.6 Å². The van der Waals surface area contributed by atoms with Gasteiger partial charge < -0.3 is 10.6 Å². The third-order valence-corrected chi connectivity index (χ3v) is 4.73. The van der Waals surface area contributed by atoms with Gasteiger partial charge >= 0.3 is 0 Å². The Kier molecular flexibility index (Phi) is 5.16. The highest BCUT2D eigenvalue weighted by Crippen LogP contribution is 2.21. The molecule has 1 atom stereocenters. The lowest BCUT2D eigenvalue weighted by Crippen LogP contribution is -2.31. The highest BCUT2D eigenvalue weighted by molar-refractivity contribution is 6.30.